The monoisotopic (exact) mass is 428 g/mol. The molecular formula is C25H24N4O3. The molecule has 1 aliphatic rings. The number of aromatic nitrogens is 2. The second-order valence-electron chi connectivity index (χ2n) is 7.80. The van der Waals surface area contributed by atoms with Gasteiger partial charge in [0.1, 0.15) is 5.75 Å². The van der Waals surface area contributed by atoms with Crippen molar-refractivity contribution in [3.8, 4) is 17.2 Å². The van der Waals surface area contributed by atoms with E-state index in [9.17, 15) is 4.79 Å². The molecule has 4 aromatic rings. The Morgan fingerprint density at radius 1 is 0.906 bits per heavy atom. The summed E-state index contributed by atoms with van der Waals surface area (Å²) in [5.74, 6) is 1.90. The number of amides is 1. The molecule has 1 fully saturated rings. The first-order valence-corrected chi connectivity index (χ1v) is 10.7. The third-order valence-corrected chi connectivity index (χ3v) is 5.68. The molecule has 1 amide bonds. The number of hydrogen-bond donors (Lipinski definition) is 0. The van der Waals surface area contributed by atoms with Gasteiger partial charge in [-0.3, -0.25) is 9.69 Å². The molecule has 7 heteroatoms. The molecule has 0 atom stereocenters. The average molecular weight is 428 g/mol. The highest BCUT2D eigenvalue weighted by molar-refractivity contribution is 5.94. The van der Waals surface area contributed by atoms with E-state index in [1.165, 1.54) is 0 Å². The molecule has 1 saturated heterocycles. The molecule has 5 rings (SSSR count). The van der Waals surface area contributed by atoms with Crippen LogP contribution in [-0.4, -0.2) is 58.6 Å². The highest BCUT2D eigenvalue weighted by atomic mass is 16.5. The number of fused-ring (bicyclic) bond motifs is 1. The largest absolute Gasteiger partial charge is 0.484 e. The summed E-state index contributed by atoms with van der Waals surface area (Å²) in [6, 6.07) is 23.6. The summed E-state index contributed by atoms with van der Waals surface area (Å²) < 4.78 is 11.1. The molecule has 7 nitrogen and oxygen atoms in total. The van der Waals surface area contributed by atoms with Gasteiger partial charge in [-0.25, -0.2) is 0 Å². The second kappa shape index (κ2) is 9.20. The molecule has 0 saturated carbocycles. The van der Waals surface area contributed by atoms with E-state index < -0.39 is 0 Å². The minimum atomic E-state index is 0.00584. The van der Waals surface area contributed by atoms with E-state index in [1.54, 1.807) is 0 Å². The molecule has 0 aliphatic carbocycles. The lowest BCUT2D eigenvalue weighted by atomic mass is 10.0. The van der Waals surface area contributed by atoms with E-state index in [4.69, 9.17) is 9.26 Å². The molecule has 0 bridgehead atoms. The molecule has 2 heterocycles. The minimum Gasteiger partial charge on any atom is -0.484 e. The fourth-order valence-corrected chi connectivity index (χ4v) is 3.95. The van der Waals surface area contributed by atoms with Crippen LogP contribution in [0.4, 0.5) is 0 Å². The molecule has 1 aliphatic heterocycles. The first-order valence-electron chi connectivity index (χ1n) is 10.7. The predicted molar refractivity (Wildman–Crippen MR) is 121 cm³/mol. The van der Waals surface area contributed by atoms with Crippen LogP contribution in [0.25, 0.3) is 22.2 Å². The highest BCUT2D eigenvalue weighted by Gasteiger charge is 2.23. The lowest BCUT2D eigenvalue weighted by Gasteiger charge is -2.33. The van der Waals surface area contributed by atoms with Gasteiger partial charge in [-0.2, -0.15) is 4.98 Å². The molecule has 32 heavy (non-hydrogen) atoms. The zero-order valence-corrected chi connectivity index (χ0v) is 17.7. The molecule has 3 aromatic carbocycles. The summed E-state index contributed by atoms with van der Waals surface area (Å²) in [7, 11) is 0. The van der Waals surface area contributed by atoms with E-state index in [-0.39, 0.29) is 12.5 Å². The summed E-state index contributed by atoms with van der Waals surface area (Å²) >= 11 is 0. The highest BCUT2D eigenvalue weighted by Crippen LogP contribution is 2.27. The van der Waals surface area contributed by atoms with Gasteiger partial charge in [0, 0.05) is 31.7 Å². The van der Waals surface area contributed by atoms with Crippen molar-refractivity contribution in [2.45, 2.75) is 6.54 Å². The Morgan fingerprint density at radius 3 is 2.50 bits per heavy atom. The summed E-state index contributed by atoms with van der Waals surface area (Å²) in [5, 5.41) is 6.42. The van der Waals surface area contributed by atoms with Crippen molar-refractivity contribution in [2.24, 2.45) is 0 Å². The van der Waals surface area contributed by atoms with Crippen molar-refractivity contribution in [1.82, 2.24) is 19.9 Å². The SMILES string of the molecule is O=C(COc1ccccc1)N1CCN(Cc2noc(-c3cccc4ccccc34)n2)CC1. The van der Waals surface area contributed by atoms with Crippen LogP contribution < -0.4 is 4.74 Å². The zero-order valence-electron chi connectivity index (χ0n) is 17.7. The second-order valence-corrected chi connectivity index (χ2v) is 7.80. The van der Waals surface area contributed by atoms with E-state index >= 15 is 0 Å². The molecular weight excluding hydrogens is 404 g/mol. The summed E-state index contributed by atoms with van der Waals surface area (Å²) in [6.45, 7) is 3.49. The molecule has 1 aromatic heterocycles. The van der Waals surface area contributed by atoms with Gasteiger partial charge in [-0.1, -0.05) is 59.8 Å². The Morgan fingerprint density at radius 2 is 1.66 bits per heavy atom. The Balaban J connectivity index is 1.16. The van der Waals surface area contributed by atoms with Gasteiger partial charge in [0.2, 0.25) is 0 Å². The van der Waals surface area contributed by atoms with Crippen molar-refractivity contribution in [3.63, 3.8) is 0 Å². The average Bonchev–Trinajstić information content (AvgIpc) is 3.31. The van der Waals surface area contributed by atoms with Gasteiger partial charge in [0.25, 0.3) is 11.8 Å². The van der Waals surface area contributed by atoms with Crippen LogP contribution in [0.5, 0.6) is 5.75 Å². The molecule has 162 valence electrons. The van der Waals surface area contributed by atoms with Crippen LogP contribution in [0.15, 0.2) is 77.3 Å². The summed E-state index contributed by atoms with van der Waals surface area (Å²) in [6.07, 6.45) is 0. The normalized spacial score (nSPS) is 14.6. The number of rotatable bonds is 6. The summed E-state index contributed by atoms with van der Waals surface area (Å²) in [5.41, 5.74) is 0.940. The maximum absolute atomic E-state index is 12.4. The van der Waals surface area contributed by atoms with Gasteiger partial charge < -0.3 is 14.2 Å². The predicted octanol–water partition coefficient (Wildman–Crippen LogP) is 3.61. The number of carbonyl (C=O) groups is 1. The van der Waals surface area contributed by atoms with Crippen molar-refractivity contribution >= 4 is 16.7 Å². The lowest BCUT2D eigenvalue weighted by Crippen LogP contribution is -2.49. The molecule has 0 unspecified atom stereocenters. The van der Waals surface area contributed by atoms with Crippen LogP contribution in [-0.2, 0) is 11.3 Å². The van der Waals surface area contributed by atoms with Crippen molar-refractivity contribution in [2.75, 3.05) is 32.8 Å². The van der Waals surface area contributed by atoms with Crippen LogP contribution in [0, 0.1) is 0 Å². The number of hydrogen-bond acceptors (Lipinski definition) is 6. The van der Waals surface area contributed by atoms with Crippen LogP contribution in [0.2, 0.25) is 0 Å². The fourth-order valence-electron chi connectivity index (χ4n) is 3.95. The Hall–Kier alpha value is -3.71. The number of benzene rings is 3. The number of ether oxygens (including phenoxy) is 1. The van der Waals surface area contributed by atoms with Crippen molar-refractivity contribution < 1.29 is 14.1 Å². The first-order chi connectivity index (χ1) is 15.8. The molecule has 0 radical (unpaired) electrons. The van der Waals surface area contributed by atoms with Crippen LogP contribution in [0.1, 0.15) is 5.82 Å². The summed E-state index contributed by atoms with van der Waals surface area (Å²) in [4.78, 5) is 21.1. The Labute approximate surface area is 186 Å². The maximum atomic E-state index is 12.4. The van der Waals surface area contributed by atoms with Crippen LogP contribution >= 0.6 is 0 Å². The fraction of sp³-hybridized carbons (Fsp3) is 0.240. The first kappa shape index (κ1) is 20.2. The number of nitrogens with zero attached hydrogens (tertiary/aromatic N) is 4. The van der Waals surface area contributed by atoms with Gasteiger partial charge in [0.05, 0.1) is 6.54 Å². The number of carbonyl (C=O) groups excluding carboxylic acids is 1. The maximum Gasteiger partial charge on any atom is 0.260 e. The Bertz CT molecular complexity index is 1190. The van der Waals surface area contributed by atoms with Gasteiger partial charge >= 0.3 is 0 Å². The Kier molecular flexibility index (Phi) is 5.81. The minimum absolute atomic E-state index is 0.00584. The molecule has 0 N–H and O–H groups in total. The van der Waals surface area contributed by atoms with E-state index in [0.29, 0.717) is 37.1 Å². The van der Waals surface area contributed by atoms with Crippen molar-refractivity contribution in [3.05, 3.63) is 78.6 Å². The van der Waals surface area contributed by atoms with E-state index in [2.05, 4.69) is 33.2 Å². The van der Waals surface area contributed by atoms with E-state index in [1.807, 2.05) is 59.5 Å². The number of para-hydroxylation sites is 1. The van der Waals surface area contributed by atoms with E-state index in [0.717, 1.165) is 29.4 Å². The topological polar surface area (TPSA) is 71.7 Å². The van der Waals surface area contributed by atoms with Gasteiger partial charge in [-0.15, -0.1) is 0 Å². The molecule has 0 spiro atoms. The van der Waals surface area contributed by atoms with Crippen LogP contribution in [0.3, 0.4) is 0 Å². The third kappa shape index (κ3) is 4.48. The number of piperazine rings is 1. The lowest BCUT2D eigenvalue weighted by molar-refractivity contribution is -0.135. The van der Waals surface area contributed by atoms with Crippen molar-refractivity contribution in [1.29, 1.82) is 0 Å². The standard InChI is InChI=1S/C25H24N4O3/c30-24(18-31-20-9-2-1-3-10-20)29-15-13-28(14-16-29)17-23-26-25(32-27-23)22-12-6-8-19-7-4-5-11-21(19)22/h1-12H,13-18H2. The van der Waals surface area contributed by atoms with Gasteiger partial charge in [-0.05, 0) is 29.0 Å². The quantitative estimate of drug-likeness (QED) is 0.467. The smallest absolute Gasteiger partial charge is 0.260 e. The zero-order chi connectivity index (χ0) is 21.8. The van der Waals surface area contributed by atoms with Gasteiger partial charge in [0.15, 0.2) is 12.4 Å². The third-order valence-electron chi connectivity index (χ3n) is 5.68.